The Kier molecular flexibility index (Phi) is 6.39. The number of amides is 1. The molecule has 0 saturated heterocycles. The third kappa shape index (κ3) is 4.98. The van der Waals surface area contributed by atoms with Crippen molar-refractivity contribution in [3.8, 4) is 11.4 Å². The Hall–Kier alpha value is -3.50. The molecule has 156 valence electrons. The highest BCUT2D eigenvalue weighted by Gasteiger charge is 2.20. The molecule has 1 amide bonds. The second kappa shape index (κ2) is 9.54. The Morgan fingerprint density at radius 3 is 2.03 bits per heavy atom. The molecule has 1 heterocycles. The molecule has 3 aromatic carbocycles. The molecule has 5 heteroatoms. The maximum Gasteiger partial charge on any atom is 0.256 e. The van der Waals surface area contributed by atoms with Gasteiger partial charge in [-0.1, -0.05) is 48.0 Å². The summed E-state index contributed by atoms with van der Waals surface area (Å²) >= 11 is 6.05. The van der Waals surface area contributed by atoms with Crippen LogP contribution in [0.5, 0.6) is 5.75 Å². The Bertz CT molecular complexity index is 1140. The number of carbonyl (C=O) groups excluding carboxylic acids is 1. The summed E-state index contributed by atoms with van der Waals surface area (Å²) in [6, 6.07) is 27.0. The van der Waals surface area contributed by atoms with Gasteiger partial charge in [-0.25, -0.2) is 0 Å². The fraction of sp³-hybridized carbons (Fsp3) is 0.115. The fourth-order valence-electron chi connectivity index (χ4n) is 3.51. The molecule has 0 aliphatic heterocycles. The van der Waals surface area contributed by atoms with E-state index in [9.17, 15) is 4.79 Å². The van der Waals surface area contributed by atoms with Gasteiger partial charge in [0.15, 0.2) is 0 Å². The van der Waals surface area contributed by atoms with Crippen molar-refractivity contribution >= 4 is 17.5 Å². The highest BCUT2D eigenvalue weighted by molar-refractivity contribution is 6.30. The third-order valence-electron chi connectivity index (χ3n) is 5.12. The largest absolute Gasteiger partial charge is 0.497 e. The smallest absolute Gasteiger partial charge is 0.256 e. The van der Waals surface area contributed by atoms with E-state index in [-0.39, 0.29) is 5.91 Å². The summed E-state index contributed by atoms with van der Waals surface area (Å²) in [6.45, 7) is 0.952. The highest BCUT2D eigenvalue weighted by Crippen LogP contribution is 2.22. The zero-order chi connectivity index (χ0) is 21.6. The number of carbonyl (C=O) groups is 1. The standard InChI is InChI=1S/C26H23ClN2O2/c1-31-23-14-10-21(11-15-23)19-29(18-20-8-12-22(27)13-9-20)26(30)24-6-2-3-7-25(24)28-16-4-5-17-28/h2-17H,18-19H2,1H3. The van der Waals surface area contributed by atoms with Gasteiger partial charge in [0, 0.05) is 30.5 Å². The Balaban J connectivity index is 1.67. The molecular formula is C26H23ClN2O2. The first-order valence-corrected chi connectivity index (χ1v) is 10.4. The van der Waals surface area contributed by atoms with E-state index in [0.29, 0.717) is 23.7 Å². The summed E-state index contributed by atoms with van der Waals surface area (Å²) < 4.78 is 7.22. The summed E-state index contributed by atoms with van der Waals surface area (Å²) in [5.41, 5.74) is 3.56. The summed E-state index contributed by atoms with van der Waals surface area (Å²) in [5, 5.41) is 0.676. The average molecular weight is 431 g/mol. The molecule has 0 N–H and O–H groups in total. The minimum Gasteiger partial charge on any atom is -0.497 e. The molecule has 0 spiro atoms. The number of benzene rings is 3. The van der Waals surface area contributed by atoms with E-state index in [0.717, 1.165) is 22.6 Å². The van der Waals surface area contributed by atoms with Crippen LogP contribution in [0.1, 0.15) is 21.5 Å². The third-order valence-corrected chi connectivity index (χ3v) is 5.38. The number of hydrogen-bond acceptors (Lipinski definition) is 2. The quantitative estimate of drug-likeness (QED) is 0.361. The molecule has 4 aromatic rings. The number of rotatable bonds is 7. The van der Waals surface area contributed by atoms with Crippen molar-refractivity contribution in [1.82, 2.24) is 9.47 Å². The number of ether oxygens (including phenoxy) is 1. The molecule has 0 radical (unpaired) electrons. The molecule has 31 heavy (non-hydrogen) atoms. The van der Waals surface area contributed by atoms with Crippen molar-refractivity contribution < 1.29 is 9.53 Å². The number of methoxy groups -OCH3 is 1. The van der Waals surface area contributed by atoms with Crippen LogP contribution in [0.2, 0.25) is 5.02 Å². The lowest BCUT2D eigenvalue weighted by Crippen LogP contribution is -2.31. The van der Waals surface area contributed by atoms with Crippen LogP contribution in [-0.4, -0.2) is 22.5 Å². The number of aromatic nitrogens is 1. The van der Waals surface area contributed by atoms with E-state index in [1.807, 2.05) is 107 Å². The highest BCUT2D eigenvalue weighted by atomic mass is 35.5. The van der Waals surface area contributed by atoms with Crippen LogP contribution in [0.25, 0.3) is 5.69 Å². The topological polar surface area (TPSA) is 34.5 Å². The van der Waals surface area contributed by atoms with Crippen molar-refractivity contribution in [2.75, 3.05) is 7.11 Å². The summed E-state index contributed by atoms with van der Waals surface area (Å²) in [6.07, 6.45) is 3.89. The summed E-state index contributed by atoms with van der Waals surface area (Å²) in [4.78, 5) is 15.6. The van der Waals surface area contributed by atoms with Crippen LogP contribution in [0.4, 0.5) is 0 Å². The van der Waals surface area contributed by atoms with Gasteiger partial charge in [0.25, 0.3) is 5.91 Å². The lowest BCUT2D eigenvalue weighted by molar-refractivity contribution is 0.0730. The van der Waals surface area contributed by atoms with Crippen molar-refractivity contribution in [1.29, 1.82) is 0 Å². The van der Waals surface area contributed by atoms with Crippen LogP contribution in [0.15, 0.2) is 97.3 Å². The average Bonchev–Trinajstić information content (AvgIpc) is 3.35. The molecule has 0 saturated carbocycles. The Labute approximate surface area is 187 Å². The van der Waals surface area contributed by atoms with E-state index in [4.69, 9.17) is 16.3 Å². The normalized spacial score (nSPS) is 10.6. The van der Waals surface area contributed by atoms with Crippen LogP contribution >= 0.6 is 11.6 Å². The maximum absolute atomic E-state index is 13.7. The maximum atomic E-state index is 13.7. The zero-order valence-electron chi connectivity index (χ0n) is 17.2. The first kappa shape index (κ1) is 20.8. The fourth-order valence-corrected chi connectivity index (χ4v) is 3.63. The monoisotopic (exact) mass is 430 g/mol. The molecule has 0 bridgehead atoms. The van der Waals surface area contributed by atoms with Crippen LogP contribution in [0, 0.1) is 0 Å². The molecule has 4 rings (SSSR count). The molecule has 1 aromatic heterocycles. The van der Waals surface area contributed by atoms with Gasteiger partial charge in [-0.3, -0.25) is 4.79 Å². The molecule has 0 atom stereocenters. The minimum absolute atomic E-state index is 0.0323. The lowest BCUT2D eigenvalue weighted by atomic mass is 10.1. The van der Waals surface area contributed by atoms with E-state index >= 15 is 0 Å². The second-order valence-electron chi connectivity index (χ2n) is 7.24. The first-order valence-electron chi connectivity index (χ1n) is 10.0. The number of para-hydroxylation sites is 1. The molecule has 0 aliphatic carbocycles. The number of halogens is 1. The van der Waals surface area contributed by atoms with Crippen LogP contribution < -0.4 is 4.74 Å². The van der Waals surface area contributed by atoms with Gasteiger partial charge in [0.1, 0.15) is 5.75 Å². The van der Waals surface area contributed by atoms with E-state index in [1.165, 1.54) is 0 Å². The van der Waals surface area contributed by atoms with Gasteiger partial charge in [-0.15, -0.1) is 0 Å². The summed E-state index contributed by atoms with van der Waals surface area (Å²) in [5.74, 6) is 0.757. The number of hydrogen-bond donors (Lipinski definition) is 0. The lowest BCUT2D eigenvalue weighted by Gasteiger charge is -2.25. The van der Waals surface area contributed by atoms with Crippen LogP contribution in [-0.2, 0) is 13.1 Å². The van der Waals surface area contributed by atoms with Gasteiger partial charge in [-0.2, -0.15) is 0 Å². The van der Waals surface area contributed by atoms with Crippen molar-refractivity contribution in [3.63, 3.8) is 0 Å². The second-order valence-corrected chi connectivity index (χ2v) is 7.68. The molecule has 0 unspecified atom stereocenters. The first-order chi connectivity index (χ1) is 15.1. The van der Waals surface area contributed by atoms with Gasteiger partial charge >= 0.3 is 0 Å². The summed E-state index contributed by atoms with van der Waals surface area (Å²) in [7, 11) is 1.64. The van der Waals surface area contributed by atoms with E-state index in [1.54, 1.807) is 7.11 Å². The van der Waals surface area contributed by atoms with E-state index < -0.39 is 0 Å². The Morgan fingerprint density at radius 2 is 1.42 bits per heavy atom. The zero-order valence-corrected chi connectivity index (χ0v) is 18.0. The molecule has 0 aliphatic rings. The molecular weight excluding hydrogens is 408 g/mol. The van der Waals surface area contributed by atoms with Gasteiger partial charge < -0.3 is 14.2 Å². The predicted molar refractivity (Wildman–Crippen MR) is 124 cm³/mol. The van der Waals surface area contributed by atoms with E-state index in [2.05, 4.69) is 0 Å². The minimum atomic E-state index is -0.0323. The van der Waals surface area contributed by atoms with Crippen molar-refractivity contribution in [2.45, 2.75) is 13.1 Å². The van der Waals surface area contributed by atoms with Crippen LogP contribution in [0.3, 0.4) is 0 Å². The predicted octanol–water partition coefficient (Wildman–Crippen LogP) is 5.98. The molecule has 0 fully saturated rings. The number of nitrogens with zero attached hydrogens (tertiary/aromatic N) is 2. The van der Waals surface area contributed by atoms with Gasteiger partial charge in [0.05, 0.1) is 18.4 Å². The molecule has 4 nitrogen and oxygen atoms in total. The van der Waals surface area contributed by atoms with Crippen molar-refractivity contribution in [3.05, 3.63) is 119 Å². The van der Waals surface area contributed by atoms with Crippen molar-refractivity contribution in [2.24, 2.45) is 0 Å². The van der Waals surface area contributed by atoms with Gasteiger partial charge in [0.2, 0.25) is 0 Å². The van der Waals surface area contributed by atoms with Gasteiger partial charge in [-0.05, 0) is 59.7 Å². The SMILES string of the molecule is COc1ccc(CN(Cc2ccc(Cl)cc2)C(=O)c2ccccc2-n2cccc2)cc1. The Morgan fingerprint density at radius 1 is 0.839 bits per heavy atom.